The normalized spacial score (nSPS) is 20.0. The minimum Gasteiger partial charge on any atom is -0.349 e. The summed E-state index contributed by atoms with van der Waals surface area (Å²) in [6.45, 7) is 0.553. The first-order valence-corrected chi connectivity index (χ1v) is 11.1. The summed E-state index contributed by atoms with van der Waals surface area (Å²) in [5.74, 6) is 0.599. The topological polar surface area (TPSA) is 49.4 Å². The average molecular weight is 415 g/mol. The van der Waals surface area contributed by atoms with E-state index in [0.29, 0.717) is 28.9 Å². The van der Waals surface area contributed by atoms with Crippen molar-refractivity contribution in [1.29, 1.82) is 0 Å². The number of nitrogens with zero attached hydrogens (tertiary/aromatic N) is 1. The molecule has 1 saturated heterocycles. The van der Waals surface area contributed by atoms with Gasteiger partial charge in [-0.1, -0.05) is 48.7 Å². The molecule has 2 fully saturated rings. The van der Waals surface area contributed by atoms with Crippen molar-refractivity contribution in [1.82, 2.24) is 10.2 Å². The highest BCUT2D eigenvalue weighted by Crippen LogP contribution is 2.39. The van der Waals surface area contributed by atoms with Gasteiger partial charge in [0.25, 0.3) is 5.91 Å². The Morgan fingerprint density at radius 1 is 1.07 bits per heavy atom. The smallest absolute Gasteiger partial charge is 0.251 e. The minimum atomic E-state index is -0.0323. The standard InChI is InChI=1S/C22H23ClN2O2S/c23-18-11-5-15(6-12-18)13-25-20(26)14-28-22(25)17-9-7-16(8-10-17)21(27)24-19-3-1-2-4-19/h5-12,19,22H,1-4,13-14H2,(H,24,27)/t22-/m0/s1. The van der Waals surface area contributed by atoms with Crippen molar-refractivity contribution in [2.45, 2.75) is 43.6 Å². The largest absolute Gasteiger partial charge is 0.349 e. The number of hydrogen-bond acceptors (Lipinski definition) is 3. The van der Waals surface area contributed by atoms with E-state index in [4.69, 9.17) is 11.6 Å². The van der Waals surface area contributed by atoms with Crippen molar-refractivity contribution in [3.8, 4) is 0 Å². The van der Waals surface area contributed by atoms with Crippen LogP contribution in [0.15, 0.2) is 48.5 Å². The number of nitrogens with one attached hydrogen (secondary N) is 1. The van der Waals surface area contributed by atoms with Crippen molar-refractivity contribution < 1.29 is 9.59 Å². The molecule has 2 aromatic carbocycles. The van der Waals surface area contributed by atoms with Gasteiger partial charge in [-0.05, 0) is 48.2 Å². The Bertz CT molecular complexity index is 848. The highest BCUT2D eigenvalue weighted by molar-refractivity contribution is 8.00. The molecular weight excluding hydrogens is 392 g/mol. The minimum absolute atomic E-state index is 0.00776. The van der Waals surface area contributed by atoms with Crippen LogP contribution in [0.4, 0.5) is 0 Å². The summed E-state index contributed by atoms with van der Waals surface area (Å²) in [6.07, 6.45) is 4.54. The molecule has 1 aliphatic carbocycles. The fraction of sp³-hybridized carbons (Fsp3) is 0.364. The van der Waals surface area contributed by atoms with Crippen LogP contribution in [0.1, 0.15) is 52.5 Å². The van der Waals surface area contributed by atoms with Crippen LogP contribution < -0.4 is 5.32 Å². The predicted octanol–water partition coefficient (Wildman–Crippen LogP) is 4.79. The van der Waals surface area contributed by atoms with Gasteiger partial charge in [0.15, 0.2) is 0 Å². The molecule has 28 heavy (non-hydrogen) atoms. The third-order valence-corrected chi connectivity index (χ3v) is 6.89. The second-order valence-electron chi connectivity index (χ2n) is 7.39. The first kappa shape index (κ1) is 19.3. The summed E-state index contributed by atoms with van der Waals surface area (Å²) in [7, 11) is 0. The summed E-state index contributed by atoms with van der Waals surface area (Å²) >= 11 is 7.58. The molecule has 146 valence electrons. The summed E-state index contributed by atoms with van der Waals surface area (Å²) in [5.41, 5.74) is 2.77. The Morgan fingerprint density at radius 2 is 1.75 bits per heavy atom. The number of rotatable bonds is 5. The fourth-order valence-corrected chi connectivity index (χ4v) is 5.14. The molecule has 1 atom stereocenters. The van der Waals surface area contributed by atoms with Crippen molar-refractivity contribution >= 4 is 35.2 Å². The zero-order chi connectivity index (χ0) is 19.5. The molecule has 4 nitrogen and oxygen atoms in total. The molecular formula is C22H23ClN2O2S. The quantitative estimate of drug-likeness (QED) is 0.765. The van der Waals surface area contributed by atoms with Crippen LogP contribution in [-0.4, -0.2) is 28.5 Å². The van der Waals surface area contributed by atoms with E-state index in [-0.39, 0.29) is 17.2 Å². The Balaban J connectivity index is 1.45. The summed E-state index contributed by atoms with van der Waals surface area (Å²) in [4.78, 5) is 26.7. The molecule has 0 spiro atoms. The van der Waals surface area contributed by atoms with Crippen LogP contribution in [0.25, 0.3) is 0 Å². The fourth-order valence-electron chi connectivity index (χ4n) is 3.83. The Hall–Kier alpha value is -1.98. The molecule has 2 amide bonds. The van der Waals surface area contributed by atoms with Crippen LogP contribution in [0, 0.1) is 0 Å². The van der Waals surface area contributed by atoms with Crippen LogP contribution >= 0.6 is 23.4 Å². The molecule has 4 rings (SSSR count). The van der Waals surface area contributed by atoms with E-state index < -0.39 is 0 Å². The van der Waals surface area contributed by atoms with E-state index in [1.54, 1.807) is 11.8 Å². The Morgan fingerprint density at radius 3 is 2.43 bits per heavy atom. The lowest BCUT2D eigenvalue weighted by Gasteiger charge is -2.24. The monoisotopic (exact) mass is 414 g/mol. The molecule has 1 N–H and O–H groups in total. The van der Waals surface area contributed by atoms with E-state index in [9.17, 15) is 9.59 Å². The highest BCUT2D eigenvalue weighted by Gasteiger charge is 2.32. The van der Waals surface area contributed by atoms with Crippen molar-refractivity contribution in [3.05, 3.63) is 70.2 Å². The number of carbonyl (C=O) groups excluding carboxylic acids is 2. The third kappa shape index (κ3) is 4.36. The number of amides is 2. The van der Waals surface area contributed by atoms with Gasteiger partial charge in [-0.3, -0.25) is 9.59 Å². The number of hydrogen-bond donors (Lipinski definition) is 1. The maximum atomic E-state index is 12.4. The Kier molecular flexibility index (Phi) is 5.93. The molecule has 1 heterocycles. The van der Waals surface area contributed by atoms with Gasteiger partial charge >= 0.3 is 0 Å². The van der Waals surface area contributed by atoms with Crippen molar-refractivity contribution in [2.24, 2.45) is 0 Å². The van der Waals surface area contributed by atoms with Crippen molar-refractivity contribution in [2.75, 3.05) is 5.75 Å². The maximum Gasteiger partial charge on any atom is 0.251 e. The molecule has 2 aliphatic rings. The molecule has 0 unspecified atom stereocenters. The Labute approximate surface area is 174 Å². The van der Waals surface area contributed by atoms with Gasteiger partial charge in [0.2, 0.25) is 5.91 Å². The molecule has 0 bridgehead atoms. The zero-order valence-corrected chi connectivity index (χ0v) is 17.1. The third-order valence-electron chi connectivity index (χ3n) is 5.38. The maximum absolute atomic E-state index is 12.4. The van der Waals surface area contributed by atoms with Crippen LogP contribution in [-0.2, 0) is 11.3 Å². The van der Waals surface area contributed by atoms with Gasteiger partial charge in [0.1, 0.15) is 5.37 Å². The van der Waals surface area contributed by atoms with E-state index in [1.807, 2.05) is 53.4 Å². The lowest BCUT2D eigenvalue weighted by atomic mass is 10.1. The average Bonchev–Trinajstić information content (AvgIpc) is 3.34. The second-order valence-corrected chi connectivity index (χ2v) is 8.89. The molecule has 1 aliphatic heterocycles. The summed E-state index contributed by atoms with van der Waals surface area (Å²) in [5, 5.41) is 3.77. The first-order chi connectivity index (χ1) is 13.6. The summed E-state index contributed by atoms with van der Waals surface area (Å²) in [6, 6.07) is 15.6. The number of thioether (sulfide) groups is 1. The van der Waals surface area contributed by atoms with Gasteiger partial charge in [-0.15, -0.1) is 11.8 Å². The molecule has 0 radical (unpaired) electrons. The summed E-state index contributed by atoms with van der Waals surface area (Å²) < 4.78 is 0. The molecule has 0 aromatic heterocycles. The van der Waals surface area contributed by atoms with E-state index in [1.165, 1.54) is 12.8 Å². The van der Waals surface area contributed by atoms with Crippen LogP contribution in [0.3, 0.4) is 0 Å². The van der Waals surface area contributed by atoms with Gasteiger partial charge < -0.3 is 10.2 Å². The van der Waals surface area contributed by atoms with E-state index in [0.717, 1.165) is 24.0 Å². The second kappa shape index (κ2) is 8.58. The lowest BCUT2D eigenvalue weighted by Crippen LogP contribution is -2.32. The predicted molar refractivity (Wildman–Crippen MR) is 113 cm³/mol. The van der Waals surface area contributed by atoms with Gasteiger partial charge in [-0.25, -0.2) is 0 Å². The van der Waals surface area contributed by atoms with Crippen molar-refractivity contribution in [3.63, 3.8) is 0 Å². The number of benzene rings is 2. The van der Waals surface area contributed by atoms with Gasteiger partial charge in [0, 0.05) is 23.2 Å². The van der Waals surface area contributed by atoms with E-state index >= 15 is 0 Å². The van der Waals surface area contributed by atoms with E-state index in [2.05, 4.69) is 5.32 Å². The molecule has 2 aromatic rings. The SMILES string of the molecule is O=C(NC1CCCC1)c1ccc([C@@H]2SCC(=O)N2Cc2ccc(Cl)cc2)cc1. The first-order valence-electron chi connectivity index (χ1n) is 9.66. The van der Waals surface area contributed by atoms with Gasteiger partial charge in [-0.2, -0.15) is 0 Å². The van der Waals surface area contributed by atoms with Crippen LogP contribution in [0.2, 0.25) is 5.02 Å². The number of carbonyl (C=O) groups is 2. The molecule has 1 saturated carbocycles. The highest BCUT2D eigenvalue weighted by atomic mass is 35.5. The number of halogens is 1. The lowest BCUT2D eigenvalue weighted by molar-refractivity contribution is -0.128. The molecule has 6 heteroatoms. The zero-order valence-electron chi connectivity index (χ0n) is 15.6. The van der Waals surface area contributed by atoms with Crippen LogP contribution in [0.5, 0.6) is 0 Å². The van der Waals surface area contributed by atoms with Gasteiger partial charge in [0.05, 0.1) is 5.75 Å².